The van der Waals surface area contributed by atoms with E-state index in [1.165, 1.54) is 6.07 Å². The van der Waals surface area contributed by atoms with E-state index in [1.807, 2.05) is 5.40 Å². The average molecular weight is 295 g/mol. The van der Waals surface area contributed by atoms with Crippen LogP contribution in [0.5, 0.6) is 0 Å². The Kier molecular flexibility index (Phi) is 4.94. The third kappa shape index (κ3) is 2.83. The summed E-state index contributed by atoms with van der Waals surface area (Å²) in [7, 11) is 0. The lowest BCUT2D eigenvalue weighted by molar-refractivity contribution is 0.102. The largest absolute Gasteiger partial charge is 0.293 e. The molecule has 0 heterocycles. The van der Waals surface area contributed by atoms with Crippen LogP contribution in [0.4, 0.5) is 0 Å². The van der Waals surface area contributed by atoms with Crippen LogP contribution in [0, 0.1) is 17.6 Å². The molecule has 0 fully saturated rings. The Bertz CT molecular complexity index is 482. The number of thioether (sulfide) groups is 1. The van der Waals surface area contributed by atoms with Crippen LogP contribution in [0.15, 0.2) is 6.07 Å². The van der Waals surface area contributed by atoms with Crippen molar-refractivity contribution in [3.05, 3.63) is 32.3 Å². The second-order valence-electron chi connectivity index (χ2n) is 2.96. The van der Waals surface area contributed by atoms with Crippen LogP contribution < -0.4 is 0 Å². The maximum Gasteiger partial charge on any atom is 0.176 e. The van der Waals surface area contributed by atoms with Gasteiger partial charge in [0.25, 0.3) is 0 Å². The predicted octanol–water partition coefficient (Wildman–Crippen LogP) is 4.35. The van der Waals surface area contributed by atoms with Crippen molar-refractivity contribution in [2.75, 3.05) is 5.75 Å². The van der Waals surface area contributed by atoms with Crippen molar-refractivity contribution in [3.8, 4) is 5.40 Å². The van der Waals surface area contributed by atoms with Gasteiger partial charge < -0.3 is 0 Å². The van der Waals surface area contributed by atoms with Gasteiger partial charge in [0.2, 0.25) is 0 Å². The van der Waals surface area contributed by atoms with Crippen LogP contribution in [0.3, 0.4) is 0 Å². The highest BCUT2D eigenvalue weighted by Gasteiger charge is 2.18. The van der Waals surface area contributed by atoms with E-state index in [1.54, 1.807) is 6.92 Å². The van der Waals surface area contributed by atoms with Gasteiger partial charge in [0, 0.05) is 5.02 Å². The molecule has 0 amide bonds. The molecule has 0 saturated carbocycles. The molecule has 0 radical (unpaired) electrons. The second-order valence-corrected chi connectivity index (χ2v) is 4.91. The first-order valence-corrected chi connectivity index (χ1v) is 6.29. The molecule has 0 atom stereocenters. The lowest BCUT2D eigenvalue weighted by Gasteiger charge is -2.09. The third-order valence-corrected chi connectivity index (χ3v) is 3.64. The number of nitrogens with zero attached hydrogens (tertiary/aromatic N) is 1. The third-order valence-electron chi connectivity index (χ3n) is 1.95. The molecule has 0 aliphatic heterocycles. The van der Waals surface area contributed by atoms with Crippen LogP contribution in [0.25, 0.3) is 0 Å². The van der Waals surface area contributed by atoms with Crippen molar-refractivity contribution in [2.24, 2.45) is 0 Å². The molecule has 6 heteroatoms. The molecule has 0 aliphatic rings. The second kappa shape index (κ2) is 5.79. The summed E-state index contributed by atoms with van der Waals surface area (Å²) < 4.78 is 0. The number of rotatable bonds is 3. The minimum absolute atomic E-state index is 0.0248. The van der Waals surface area contributed by atoms with Gasteiger partial charge in [0.05, 0.1) is 21.4 Å². The van der Waals surface area contributed by atoms with E-state index >= 15 is 0 Å². The molecule has 0 aliphatic carbocycles. The van der Waals surface area contributed by atoms with Crippen molar-refractivity contribution in [1.82, 2.24) is 0 Å². The van der Waals surface area contributed by atoms with Crippen molar-refractivity contribution in [2.45, 2.75) is 6.92 Å². The van der Waals surface area contributed by atoms with Crippen molar-refractivity contribution < 1.29 is 4.79 Å². The predicted molar refractivity (Wildman–Crippen MR) is 68.6 cm³/mol. The molecular formula is C10H6Cl3NOS. The minimum atomic E-state index is -0.277. The zero-order valence-electron chi connectivity index (χ0n) is 8.18. The first kappa shape index (κ1) is 13.7. The Hall–Kier alpha value is -0.400. The van der Waals surface area contributed by atoms with Gasteiger partial charge in [0.1, 0.15) is 5.40 Å². The van der Waals surface area contributed by atoms with Crippen molar-refractivity contribution in [1.29, 1.82) is 5.26 Å². The first-order chi connectivity index (χ1) is 7.49. The monoisotopic (exact) mass is 293 g/mol. The number of benzene rings is 1. The number of carbonyl (C=O) groups is 1. The molecule has 1 rings (SSSR count). The highest BCUT2D eigenvalue weighted by atomic mass is 35.5. The molecule has 84 valence electrons. The number of carbonyl (C=O) groups excluding carboxylic acids is 1. The summed E-state index contributed by atoms with van der Waals surface area (Å²) in [5, 5.41) is 11.1. The number of nitriles is 1. The number of halogens is 3. The number of hydrogen-bond donors (Lipinski definition) is 0. The van der Waals surface area contributed by atoms with E-state index in [0.29, 0.717) is 10.6 Å². The van der Waals surface area contributed by atoms with E-state index in [9.17, 15) is 4.79 Å². The first-order valence-electron chi connectivity index (χ1n) is 4.17. The van der Waals surface area contributed by atoms with E-state index in [2.05, 4.69) is 0 Å². The Morgan fingerprint density at radius 2 is 2.06 bits per heavy atom. The van der Waals surface area contributed by atoms with E-state index in [-0.39, 0.29) is 27.1 Å². The lowest BCUT2D eigenvalue weighted by atomic mass is 10.1. The molecule has 16 heavy (non-hydrogen) atoms. The zero-order chi connectivity index (χ0) is 12.3. The van der Waals surface area contributed by atoms with Gasteiger partial charge in [-0.15, -0.1) is 0 Å². The van der Waals surface area contributed by atoms with Gasteiger partial charge >= 0.3 is 0 Å². The maximum atomic E-state index is 11.7. The highest BCUT2D eigenvalue weighted by molar-refractivity contribution is 8.04. The van der Waals surface area contributed by atoms with Crippen LogP contribution in [0.2, 0.25) is 15.1 Å². The van der Waals surface area contributed by atoms with Crippen LogP contribution in [-0.4, -0.2) is 11.5 Å². The standard InChI is InChI=1S/C10H6Cl3NOS/c1-5-6(11)2-7(12)9(10(5)13)8(15)3-16-4-14/h2H,3H2,1H3. The number of ketones is 1. The normalized spacial score (nSPS) is 9.94. The molecule has 0 bridgehead atoms. The SMILES string of the molecule is Cc1c(Cl)cc(Cl)c(C(=O)CSC#N)c1Cl. The number of hydrogen-bond acceptors (Lipinski definition) is 3. The summed E-state index contributed by atoms with van der Waals surface area (Å²) in [6.07, 6.45) is 0. The molecular weight excluding hydrogens is 289 g/mol. The van der Waals surface area contributed by atoms with Gasteiger partial charge in [0.15, 0.2) is 5.78 Å². The molecule has 0 unspecified atom stereocenters. The Morgan fingerprint density at radius 1 is 1.44 bits per heavy atom. The summed E-state index contributed by atoms with van der Waals surface area (Å²) >= 11 is 18.6. The molecule has 0 saturated heterocycles. The van der Waals surface area contributed by atoms with Crippen LogP contribution in [0.1, 0.15) is 15.9 Å². The summed E-state index contributed by atoms with van der Waals surface area (Å²) in [5.41, 5.74) is 0.839. The average Bonchev–Trinajstić information content (AvgIpc) is 2.23. The summed E-state index contributed by atoms with van der Waals surface area (Å²) in [4.78, 5) is 11.7. The fourth-order valence-electron chi connectivity index (χ4n) is 1.11. The topological polar surface area (TPSA) is 40.9 Å². The van der Waals surface area contributed by atoms with Crippen LogP contribution >= 0.6 is 46.6 Å². The Labute approximate surface area is 112 Å². The van der Waals surface area contributed by atoms with Crippen molar-refractivity contribution in [3.63, 3.8) is 0 Å². The minimum Gasteiger partial charge on any atom is -0.293 e. The quantitative estimate of drug-likeness (QED) is 0.614. The fourth-order valence-corrected chi connectivity index (χ4v) is 2.43. The smallest absolute Gasteiger partial charge is 0.176 e. The van der Waals surface area contributed by atoms with Gasteiger partial charge in [-0.05, 0) is 30.3 Å². The zero-order valence-corrected chi connectivity index (χ0v) is 11.3. The summed E-state index contributed by atoms with van der Waals surface area (Å²) in [5.74, 6) is -0.252. The van der Waals surface area contributed by atoms with Gasteiger partial charge in [-0.25, -0.2) is 0 Å². The van der Waals surface area contributed by atoms with Gasteiger partial charge in [-0.3, -0.25) is 4.79 Å². The van der Waals surface area contributed by atoms with E-state index in [4.69, 9.17) is 40.1 Å². The number of Topliss-reactive ketones (excluding diaryl/α,β-unsaturated/α-hetero) is 1. The molecule has 0 N–H and O–H groups in total. The van der Waals surface area contributed by atoms with Crippen LogP contribution in [-0.2, 0) is 0 Å². The van der Waals surface area contributed by atoms with Gasteiger partial charge in [-0.2, -0.15) is 5.26 Å². The highest BCUT2D eigenvalue weighted by Crippen LogP contribution is 2.34. The maximum absolute atomic E-state index is 11.7. The summed E-state index contributed by atoms with van der Waals surface area (Å²) in [6.45, 7) is 1.70. The van der Waals surface area contributed by atoms with Crippen molar-refractivity contribution >= 4 is 52.3 Å². The van der Waals surface area contributed by atoms with E-state index in [0.717, 1.165) is 11.8 Å². The fraction of sp³-hybridized carbons (Fsp3) is 0.200. The lowest BCUT2D eigenvalue weighted by Crippen LogP contribution is -2.05. The molecule has 2 nitrogen and oxygen atoms in total. The number of thiocyanates is 1. The summed E-state index contributed by atoms with van der Waals surface area (Å²) in [6, 6.07) is 1.48. The van der Waals surface area contributed by atoms with Gasteiger partial charge in [-0.1, -0.05) is 34.8 Å². The molecule has 0 spiro atoms. The Morgan fingerprint density at radius 3 is 2.62 bits per heavy atom. The molecule has 1 aromatic carbocycles. The van der Waals surface area contributed by atoms with E-state index < -0.39 is 0 Å². The molecule has 1 aromatic rings. The molecule has 0 aromatic heterocycles. The Balaban J connectivity index is 3.19.